The van der Waals surface area contributed by atoms with Crippen LogP contribution in [0.1, 0.15) is 109 Å². The number of hydrogen-bond donors (Lipinski definition) is 0. The van der Waals surface area contributed by atoms with Crippen LogP contribution < -0.4 is 0 Å². The average Bonchev–Trinajstić information content (AvgIpc) is 2.82. The van der Waals surface area contributed by atoms with Gasteiger partial charge in [0.1, 0.15) is 6.10 Å². The quantitative estimate of drug-likeness (QED) is 0.146. The van der Waals surface area contributed by atoms with E-state index in [0.717, 1.165) is 18.4 Å². The van der Waals surface area contributed by atoms with Gasteiger partial charge in [0.05, 0.1) is 13.2 Å². The molecular weight excluding hydrogens is 402 g/mol. The molecule has 2 heterocycles. The molecule has 32 heavy (non-hydrogen) atoms. The molecule has 0 amide bonds. The lowest BCUT2D eigenvalue weighted by Crippen LogP contribution is -2.35. The van der Waals surface area contributed by atoms with Gasteiger partial charge < -0.3 is 14.2 Å². The van der Waals surface area contributed by atoms with Crippen molar-refractivity contribution in [3.63, 3.8) is 0 Å². The summed E-state index contributed by atoms with van der Waals surface area (Å²) < 4.78 is 16.8. The lowest BCUT2D eigenvalue weighted by molar-refractivity contribution is -0.229. The molecule has 0 unspecified atom stereocenters. The van der Waals surface area contributed by atoms with Crippen molar-refractivity contribution in [2.24, 2.45) is 0 Å². The maximum atomic E-state index is 12.0. The lowest BCUT2D eigenvalue weighted by Gasteiger charge is -2.29. The minimum absolute atomic E-state index is 0.153. The molecule has 0 aliphatic carbocycles. The van der Waals surface area contributed by atoms with Gasteiger partial charge in [0.25, 0.3) is 0 Å². The van der Waals surface area contributed by atoms with Crippen LogP contribution in [0.5, 0.6) is 0 Å². The maximum absolute atomic E-state index is 12.0. The molecule has 1 saturated heterocycles. The van der Waals surface area contributed by atoms with E-state index in [1.807, 2.05) is 12.1 Å². The Kier molecular flexibility index (Phi) is 14.8. The number of ether oxygens (including phenoxy) is 3. The van der Waals surface area contributed by atoms with Crippen molar-refractivity contribution in [1.29, 1.82) is 0 Å². The van der Waals surface area contributed by atoms with Gasteiger partial charge in [0, 0.05) is 24.4 Å². The van der Waals surface area contributed by atoms with Gasteiger partial charge in [0.15, 0.2) is 6.29 Å². The minimum atomic E-state index is -0.427. The summed E-state index contributed by atoms with van der Waals surface area (Å²) in [6, 6.07) is 3.76. The number of carbonyl (C=O) groups is 1. The van der Waals surface area contributed by atoms with Crippen molar-refractivity contribution in [2.75, 3.05) is 13.2 Å². The number of allylic oxidation sites excluding steroid dienone is 2. The Morgan fingerprint density at radius 1 is 0.969 bits per heavy atom. The largest absolute Gasteiger partial charge is 0.457 e. The molecule has 180 valence electrons. The molecule has 5 nitrogen and oxygen atoms in total. The first-order chi connectivity index (χ1) is 15.8. The van der Waals surface area contributed by atoms with Crippen LogP contribution in [0.25, 0.3) is 0 Å². The molecule has 0 N–H and O–H groups in total. The van der Waals surface area contributed by atoms with E-state index in [4.69, 9.17) is 14.2 Å². The molecule has 0 radical (unpaired) electrons. The van der Waals surface area contributed by atoms with E-state index in [9.17, 15) is 4.79 Å². The Hall–Kier alpha value is -1.72. The second kappa shape index (κ2) is 17.8. The molecule has 5 heteroatoms. The molecule has 1 aromatic heterocycles. The van der Waals surface area contributed by atoms with Gasteiger partial charge in [-0.2, -0.15) is 0 Å². The highest BCUT2D eigenvalue weighted by molar-refractivity contribution is 5.69. The van der Waals surface area contributed by atoms with Gasteiger partial charge in [-0.3, -0.25) is 9.78 Å². The number of nitrogens with zero attached hydrogens (tertiary/aromatic N) is 1. The molecule has 1 fully saturated rings. The SMILES string of the molecule is CCCCCCCC/C=C\CCCCCCCC(=O)OC1COC(c2cccnc2)OC1. The van der Waals surface area contributed by atoms with E-state index >= 15 is 0 Å². The van der Waals surface area contributed by atoms with Crippen molar-refractivity contribution < 1.29 is 19.0 Å². The predicted molar refractivity (Wildman–Crippen MR) is 128 cm³/mol. The Morgan fingerprint density at radius 3 is 2.22 bits per heavy atom. The predicted octanol–water partition coefficient (Wildman–Crippen LogP) is 7.08. The van der Waals surface area contributed by atoms with E-state index in [1.54, 1.807) is 12.4 Å². The normalized spacial score (nSPS) is 18.8. The van der Waals surface area contributed by atoms with E-state index in [0.29, 0.717) is 19.6 Å². The third-order valence-electron chi connectivity index (χ3n) is 5.76. The Bertz CT molecular complexity index is 611. The summed E-state index contributed by atoms with van der Waals surface area (Å²) in [5, 5.41) is 0. The Labute approximate surface area is 194 Å². The summed E-state index contributed by atoms with van der Waals surface area (Å²) in [4.78, 5) is 16.1. The molecular formula is C27H43NO4. The molecule has 0 bridgehead atoms. The van der Waals surface area contributed by atoms with Crippen LogP contribution in [-0.4, -0.2) is 30.3 Å². The second-order valence-corrected chi connectivity index (χ2v) is 8.73. The minimum Gasteiger partial charge on any atom is -0.457 e. The zero-order valence-electron chi connectivity index (χ0n) is 20.0. The summed E-state index contributed by atoms with van der Waals surface area (Å²) in [5.74, 6) is -0.153. The Morgan fingerprint density at radius 2 is 1.59 bits per heavy atom. The van der Waals surface area contributed by atoms with Crippen LogP contribution >= 0.6 is 0 Å². The highest BCUT2D eigenvalue weighted by Crippen LogP contribution is 2.23. The van der Waals surface area contributed by atoms with Gasteiger partial charge >= 0.3 is 5.97 Å². The monoisotopic (exact) mass is 445 g/mol. The highest BCUT2D eigenvalue weighted by atomic mass is 16.7. The van der Waals surface area contributed by atoms with E-state index in [2.05, 4.69) is 24.1 Å². The van der Waals surface area contributed by atoms with E-state index in [-0.39, 0.29) is 12.1 Å². The van der Waals surface area contributed by atoms with Gasteiger partial charge in [0.2, 0.25) is 0 Å². The molecule has 1 aliphatic rings. The number of unbranched alkanes of at least 4 members (excludes halogenated alkanes) is 11. The molecule has 1 aliphatic heterocycles. The lowest BCUT2D eigenvalue weighted by atomic mass is 10.1. The third kappa shape index (κ3) is 12.4. The van der Waals surface area contributed by atoms with Crippen molar-refractivity contribution in [2.45, 2.75) is 109 Å². The van der Waals surface area contributed by atoms with Crippen LogP contribution in [0, 0.1) is 0 Å². The first-order valence-corrected chi connectivity index (χ1v) is 12.8. The molecule has 2 rings (SSSR count). The first-order valence-electron chi connectivity index (χ1n) is 12.8. The fourth-order valence-electron chi connectivity index (χ4n) is 3.85. The molecule has 0 aromatic carbocycles. The molecule has 0 spiro atoms. The smallest absolute Gasteiger partial charge is 0.306 e. The second-order valence-electron chi connectivity index (χ2n) is 8.73. The van der Waals surface area contributed by atoms with Crippen LogP contribution in [-0.2, 0) is 19.0 Å². The number of rotatable bonds is 17. The topological polar surface area (TPSA) is 57.7 Å². The van der Waals surface area contributed by atoms with Crippen LogP contribution in [0.4, 0.5) is 0 Å². The highest BCUT2D eigenvalue weighted by Gasteiger charge is 2.26. The summed E-state index contributed by atoms with van der Waals surface area (Å²) in [7, 11) is 0. The summed E-state index contributed by atoms with van der Waals surface area (Å²) in [6.45, 7) is 2.98. The van der Waals surface area contributed by atoms with Crippen molar-refractivity contribution in [3.8, 4) is 0 Å². The Balaban J connectivity index is 1.37. The summed E-state index contributed by atoms with van der Waals surface area (Å²) >= 11 is 0. The number of pyridine rings is 1. The van der Waals surface area contributed by atoms with E-state index < -0.39 is 6.29 Å². The van der Waals surface area contributed by atoms with Crippen LogP contribution in [0.2, 0.25) is 0 Å². The number of aromatic nitrogens is 1. The van der Waals surface area contributed by atoms with Crippen molar-refractivity contribution in [3.05, 3.63) is 42.2 Å². The summed E-state index contributed by atoms with van der Waals surface area (Å²) in [5.41, 5.74) is 0.880. The summed E-state index contributed by atoms with van der Waals surface area (Å²) in [6.07, 6.45) is 24.1. The molecule has 1 aromatic rings. The van der Waals surface area contributed by atoms with Gasteiger partial charge in [-0.25, -0.2) is 0 Å². The van der Waals surface area contributed by atoms with Gasteiger partial charge in [-0.15, -0.1) is 0 Å². The van der Waals surface area contributed by atoms with Crippen LogP contribution in [0.3, 0.4) is 0 Å². The van der Waals surface area contributed by atoms with Gasteiger partial charge in [-0.1, -0.05) is 76.5 Å². The zero-order chi connectivity index (χ0) is 22.7. The molecule has 0 saturated carbocycles. The third-order valence-corrected chi connectivity index (χ3v) is 5.76. The van der Waals surface area contributed by atoms with Crippen molar-refractivity contribution >= 4 is 5.97 Å². The van der Waals surface area contributed by atoms with Crippen molar-refractivity contribution in [1.82, 2.24) is 4.98 Å². The number of carbonyl (C=O) groups excluding carboxylic acids is 1. The van der Waals surface area contributed by atoms with E-state index in [1.165, 1.54) is 70.6 Å². The fourth-order valence-corrected chi connectivity index (χ4v) is 3.85. The molecule has 0 atom stereocenters. The zero-order valence-corrected chi connectivity index (χ0v) is 20.0. The van der Waals surface area contributed by atoms with Crippen LogP contribution in [0.15, 0.2) is 36.7 Å². The average molecular weight is 446 g/mol. The standard InChI is InChI=1S/C27H43NO4/c1-2-3-4-5-6-7-8-9-10-11-12-13-14-15-16-19-26(29)32-25-22-30-27(31-23-25)24-18-17-20-28-21-24/h9-10,17-18,20-21,25,27H,2-8,11-16,19,22-23H2,1H3/b10-9-. The fraction of sp³-hybridized carbons (Fsp3) is 0.704. The number of esters is 1. The maximum Gasteiger partial charge on any atom is 0.306 e. The first kappa shape index (κ1) is 26.5. The number of hydrogen-bond acceptors (Lipinski definition) is 5. The van der Waals surface area contributed by atoms with Gasteiger partial charge in [-0.05, 0) is 38.2 Å².